The summed E-state index contributed by atoms with van der Waals surface area (Å²) in [5, 5.41) is 5.29. The zero-order valence-corrected chi connectivity index (χ0v) is 15.2. The van der Waals surface area contributed by atoms with Crippen LogP contribution in [-0.2, 0) is 17.8 Å². The third-order valence-corrected chi connectivity index (χ3v) is 5.17. The fourth-order valence-electron chi connectivity index (χ4n) is 2.76. The van der Waals surface area contributed by atoms with E-state index < -0.39 is 0 Å². The van der Waals surface area contributed by atoms with Crippen molar-refractivity contribution in [3.63, 3.8) is 0 Å². The van der Waals surface area contributed by atoms with Gasteiger partial charge in [-0.15, -0.1) is 11.3 Å². The first-order valence-corrected chi connectivity index (χ1v) is 9.18. The Kier molecular flexibility index (Phi) is 4.50. The number of fused-ring (bicyclic) bond motifs is 1. The van der Waals surface area contributed by atoms with Crippen LogP contribution in [0.5, 0.6) is 0 Å². The molecule has 1 amide bonds. The van der Waals surface area contributed by atoms with Gasteiger partial charge in [0.05, 0.1) is 35.1 Å². The van der Waals surface area contributed by atoms with Crippen molar-refractivity contribution in [2.75, 3.05) is 7.05 Å². The lowest BCUT2D eigenvalue weighted by molar-refractivity contribution is -0.129. The van der Waals surface area contributed by atoms with Crippen LogP contribution in [0.3, 0.4) is 0 Å². The van der Waals surface area contributed by atoms with Gasteiger partial charge in [0.1, 0.15) is 5.01 Å². The lowest BCUT2D eigenvalue weighted by Gasteiger charge is -2.14. The summed E-state index contributed by atoms with van der Waals surface area (Å²) >= 11 is 1.63. The molecule has 0 bridgehead atoms. The van der Waals surface area contributed by atoms with E-state index in [4.69, 9.17) is 0 Å². The maximum absolute atomic E-state index is 12.5. The average molecular weight is 362 g/mol. The number of aromatic nitrogens is 3. The summed E-state index contributed by atoms with van der Waals surface area (Å²) in [5.41, 5.74) is 2.86. The van der Waals surface area contributed by atoms with Crippen LogP contribution in [0, 0.1) is 0 Å². The standard InChI is InChI=1S/C20H18N4OS/c1-23(14-19-22-17-9-5-6-10-18(17)26-19)20(25)11-15-12-21-24(13-15)16-7-3-2-4-8-16/h2-10,12-13H,11,14H2,1H3. The molecule has 5 nitrogen and oxygen atoms in total. The van der Waals surface area contributed by atoms with Gasteiger partial charge in [-0.3, -0.25) is 4.79 Å². The van der Waals surface area contributed by atoms with E-state index in [-0.39, 0.29) is 5.91 Å². The predicted molar refractivity (Wildman–Crippen MR) is 103 cm³/mol. The molecule has 0 fully saturated rings. The van der Waals surface area contributed by atoms with Crippen molar-refractivity contribution in [3.8, 4) is 5.69 Å². The number of carbonyl (C=O) groups is 1. The van der Waals surface area contributed by atoms with Gasteiger partial charge in [0, 0.05) is 13.2 Å². The number of hydrogen-bond donors (Lipinski definition) is 0. The highest BCUT2D eigenvalue weighted by Crippen LogP contribution is 2.22. The van der Waals surface area contributed by atoms with E-state index in [2.05, 4.69) is 16.1 Å². The van der Waals surface area contributed by atoms with Crippen molar-refractivity contribution >= 4 is 27.5 Å². The molecule has 0 aliphatic carbocycles. The molecule has 4 rings (SSSR count). The third-order valence-electron chi connectivity index (χ3n) is 4.15. The number of hydrogen-bond acceptors (Lipinski definition) is 4. The molecular weight excluding hydrogens is 344 g/mol. The summed E-state index contributed by atoms with van der Waals surface area (Å²) in [6.45, 7) is 0.519. The number of amides is 1. The molecule has 6 heteroatoms. The Morgan fingerprint density at radius 2 is 1.88 bits per heavy atom. The Hall–Kier alpha value is -2.99. The molecule has 0 radical (unpaired) electrons. The van der Waals surface area contributed by atoms with Crippen LogP contribution < -0.4 is 0 Å². The topological polar surface area (TPSA) is 51.0 Å². The molecule has 4 aromatic rings. The van der Waals surface area contributed by atoms with Crippen LogP contribution in [0.1, 0.15) is 10.6 Å². The minimum absolute atomic E-state index is 0.0527. The van der Waals surface area contributed by atoms with Crippen molar-refractivity contribution < 1.29 is 4.79 Å². The van der Waals surface area contributed by atoms with E-state index in [1.165, 1.54) is 0 Å². The average Bonchev–Trinajstić information content (AvgIpc) is 3.28. The van der Waals surface area contributed by atoms with Gasteiger partial charge < -0.3 is 4.90 Å². The second-order valence-electron chi connectivity index (χ2n) is 6.13. The second kappa shape index (κ2) is 7.09. The van der Waals surface area contributed by atoms with E-state index in [0.717, 1.165) is 26.5 Å². The normalized spacial score (nSPS) is 11.0. The second-order valence-corrected chi connectivity index (χ2v) is 7.25. The molecule has 2 aromatic heterocycles. The van der Waals surface area contributed by atoms with Crippen molar-refractivity contribution in [3.05, 3.63) is 77.6 Å². The minimum atomic E-state index is 0.0527. The Labute approximate surface area is 155 Å². The largest absolute Gasteiger partial charge is 0.339 e. The highest BCUT2D eigenvalue weighted by atomic mass is 32.1. The molecule has 0 saturated heterocycles. The Morgan fingerprint density at radius 3 is 2.69 bits per heavy atom. The summed E-state index contributed by atoms with van der Waals surface area (Å²) in [6.07, 6.45) is 3.98. The molecule has 2 aromatic carbocycles. The fourth-order valence-corrected chi connectivity index (χ4v) is 3.78. The quantitative estimate of drug-likeness (QED) is 0.544. The van der Waals surface area contributed by atoms with Gasteiger partial charge >= 0.3 is 0 Å². The number of nitrogens with zero attached hydrogens (tertiary/aromatic N) is 4. The number of benzene rings is 2. The molecular formula is C20H18N4OS. The van der Waals surface area contributed by atoms with E-state index in [1.807, 2.05) is 61.8 Å². The maximum Gasteiger partial charge on any atom is 0.227 e. The summed E-state index contributed by atoms with van der Waals surface area (Å²) < 4.78 is 2.93. The number of thiazole rings is 1. The zero-order chi connectivity index (χ0) is 17.9. The zero-order valence-electron chi connectivity index (χ0n) is 14.4. The molecule has 0 atom stereocenters. The molecule has 0 saturated carbocycles. The van der Waals surface area contributed by atoms with Crippen LogP contribution in [0.25, 0.3) is 15.9 Å². The predicted octanol–water partition coefficient (Wildman–Crippen LogP) is 3.68. The lowest BCUT2D eigenvalue weighted by Crippen LogP contribution is -2.27. The Bertz CT molecular complexity index is 1010. The SMILES string of the molecule is CN(Cc1nc2ccccc2s1)C(=O)Cc1cnn(-c2ccccc2)c1. The lowest BCUT2D eigenvalue weighted by atomic mass is 10.2. The monoisotopic (exact) mass is 362 g/mol. The molecule has 26 heavy (non-hydrogen) atoms. The van der Waals surface area contributed by atoms with Gasteiger partial charge in [-0.2, -0.15) is 5.10 Å². The van der Waals surface area contributed by atoms with Gasteiger partial charge in [-0.05, 0) is 29.8 Å². The van der Waals surface area contributed by atoms with Crippen LogP contribution in [0.4, 0.5) is 0 Å². The van der Waals surface area contributed by atoms with E-state index in [0.29, 0.717) is 13.0 Å². The molecule has 0 N–H and O–H groups in total. The third kappa shape index (κ3) is 3.50. The molecule has 130 valence electrons. The van der Waals surface area contributed by atoms with Gasteiger partial charge in [0.25, 0.3) is 0 Å². The Morgan fingerprint density at radius 1 is 1.12 bits per heavy atom. The van der Waals surface area contributed by atoms with Crippen LogP contribution in [-0.4, -0.2) is 32.6 Å². The highest BCUT2D eigenvalue weighted by Gasteiger charge is 2.14. The van der Waals surface area contributed by atoms with Crippen LogP contribution >= 0.6 is 11.3 Å². The van der Waals surface area contributed by atoms with Crippen LogP contribution in [0.2, 0.25) is 0 Å². The maximum atomic E-state index is 12.5. The number of carbonyl (C=O) groups excluding carboxylic acids is 1. The molecule has 2 heterocycles. The summed E-state index contributed by atoms with van der Waals surface area (Å²) in [4.78, 5) is 18.9. The molecule has 0 aliphatic heterocycles. The highest BCUT2D eigenvalue weighted by molar-refractivity contribution is 7.18. The van der Waals surface area contributed by atoms with Gasteiger partial charge in [-0.1, -0.05) is 30.3 Å². The van der Waals surface area contributed by atoms with Crippen molar-refractivity contribution in [2.45, 2.75) is 13.0 Å². The van der Waals surface area contributed by atoms with Crippen molar-refractivity contribution in [2.24, 2.45) is 0 Å². The van der Waals surface area contributed by atoms with Gasteiger partial charge in [-0.25, -0.2) is 9.67 Å². The van der Waals surface area contributed by atoms with E-state index in [9.17, 15) is 4.79 Å². The molecule has 0 spiro atoms. The summed E-state index contributed by atoms with van der Waals surface area (Å²) in [7, 11) is 1.82. The minimum Gasteiger partial charge on any atom is -0.339 e. The van der Waals surface area contributed by atoms with E-state index >= 15 is 0 Å². The molecule has 0 unspecified atom stereocenters. The number of para-hydroxylation sites is 2. The van der Waals surface area contributed by atoms with Crippen molar-refractivity contribution in [1.82, 2.24) is 19.7 Å². The first kappa shape index (κ1) is 16.5. The number of likely N-dealkylation sites (N-methyl/N-ethyl adjacent to an activating group) is 1. The summed E-state index contributed by atoms with van der Waals surface area (Å²) in [5.74, 6) is 0.0527. The Balaban J connectivity index is 1.42. The van der Waals surface area contributed by atoms with Crippen LogP contribution in [0.15, 0.2) is 67.0 Å². The molecule has 0 aliphatic rings. The van der Waals surface area contributed by atoms with Crippen molar-refractivity contribution in [1.29, 1.82) is 0 Å². The van der Waals surface area contributed by atoms with Gasteiger partial charge in [0.15, 0.2) is 0 Å². The first-order chi connectivity index (χ1) is 12.7. The fraction of sp³-hybridized carbons (Fsp3) is 0.150. The first-order valence-electron chi connectivity index (χ1n) is 8.36. The van der Waals surface area contributed by atoms with E-state index in [1.54, 1.807) is 27.1 Å². The number of rotatable bonds is 5. The smallest absolute Gasteiger partial charge is 0.227 e. The van der Waals surface area contributed by atoms with Gasteiger partial charge in [0.2, 0.25) is 5.91 Å². The summed E-state index contributed by atoms with van der Waals surface area (Å²) in [6, 6.07) is 17.9.